The van der Waals surface area contributed by atoms with Gasteiger partial charge in [0.05, 0.1) is 12.6 Å². The number of benzene rings is 1. The lowest BCUT2D eigenvalue weighted by atomic mass is 9.79. The molecule has 5 nitrogen and oxygen atoms in total. The maximum Gasteiger partial charge on any atom is 0.231 e. The summed E-state index contributed by atoms with van der Waals surface area (Å²) in [4.78, 5) is 28.1. The molecular formula is C19H27N3O2. The minimum absolute atomic E-state index is 0.125. The molecule has 24 heavy (non-hydrogen) atoms. The monoisotopic (exact) mass is 329 g/mol. The van der Waals surface area contributed by atoms with E-state index >= 15 is 0 Å². The number of rotatable bonds is 3. The van der Waals surface area contributed by atoms with Crippen LogP contribution in [0.25, 0.3) is 0 Å². The summed E-state index contributed by atoms with van der Waals surface area (Å²) in [5, 5.41) is 0. The number of nitrogens with two attached hydrogens (primary N) is 1. The summed E-state index contributed by atoms with van der Waals surface area (Å²) in [7, 11) is 0. The smallest absolute Gasteiger partial charge is 0.231 e. The fourth-order valence-corrected chi connectivity index (χ4v) is 4.52. The molecule has 2 fully saturated rings. The van der Waals surface area contributed by atoms with E-state index in [1.54, 1.807) is 6.92 Å². The molecule has 2 saturated heterocycles. The Morgan fingerprint density at radius 1 is 1.12 bits per heavy atom. The summed E-state index contributed by atoms with van der Waals surface area (Å²) in [6, 6.07) is 10.8. The predicted molar refractivity (Wildman–Crippen MR) is 93.4 cm³/mol. The van der Waals surface area contributed by atoms with Crippen LogP contribution in [-0.2, 0) is 9.59 Å². The molecule has 2 N–H and O–H groups in total. The van der Waals surface area contributed by atoms with Gasteiger partial charge in [0.25, 0.3) is 0 Å². The van der Waals surface area contributed by atoms with E-state index in [2.05, 4.69) is 29.2 Å². The third kappa shape index (κ3) is 3.46. The van der Waals surface area contributed by atoms with Gasteiger partial charge in [-0.3, -0.25) is 14.5 Å². The van der Waals surface area contributed by atoms with E-state index in [-0.39, 0.29) is 30.4 Å². The Balaban J connectivity index is 1.96. The van der Waals surface area contributed by atoms with Crippen LogP contribution in [0.2, 0.25) is 0 Å². The minimum Gasteiger partial charge on any atom is -0.369 e. The van der Waals surface area contributed by atoms with Crippen molar-refractivity contribution in [3.05, 3.63) is 35.9 Å². The minimum atomic E-state index is -0.287. The van der Waals surface area contributed by atoms with Crippen molar-refractivity contribution in [2.45, 2.75) is 50.6 Å². The molecule has 3 atom stereocenters. The first-order valence-electron chi connectivity index (χ1n) is 8.92. The number of amides is 2. The quantitative estimate of drug-likeness (QED) is 0.918. The van der Waals surface area contributed by atoms with Crippen molar-refractivity contribution in [3.63, 3.8) is 0 Å². The average molecular weight is 329 g/mol. The second-order valence-corrected chi connectivity index (χ2v) is 7.01. The van der Waals surface area contributed by atoms with Gasteiger partial charge in [-0.15, -0.1) is 0 Å². The largest absolute Gasteiger partial charge is 0.369 e. The van der Waals surface area contributed by atoms with E-state index < -0.39 is 0 Å². The van der Waals surface area contributed by atoms with Crippen LogP contribution in [0.5, 0.6) is 0 Å². The Hall–Kier alpha value is -1.88. The van der Waals surface area contributed by atoms with Gasteiger partial charge in [-0.1, -0.05) is 36.8 Å². The number of piperidine rings is 1. The van der Waals surface area contributed by atoms with E-state index in [1.165, 1.54) is 5.56 Å². The lowest BCUT2D eigenvalue weighted by Gasteiger charge is -2.48. The maximum atomic E-state index is 12.3. The topological polar surface area (TPSA) is 66.6 Å². The molecule has 0 bridgehead atoms. The van der Waals surface area contributed by atoms with Crippen molar-refractivity contribution in [2.24, 2.45) is 5.73 Å². The van der Waals surface area contributed by atoms with Crippen LogP contribution >= 0.6 is 0 Å². The van der Waals surface area contributed by atoms with Gasteiger partial charge in [0.15, 0.2) is 0 Å². The molecule has 1 aromatic rings. The van der Waals surface area contributed by atoms with Crippen molar-refractivity contribution < 1.29 is 9.59 Å². The van der Waals surface area contributed by atoms with Crippen molar-refractivity contribution in [3.8, 4) is 0 Å². The highest BCUT2D eigenvalue weighted by molar-refractivity contribution is 5.76. The first kappa shape index (κ1) is 17.0. The third-order valence-corrected chi connectivity index (χ3v) is 5.50. The molecule has 0 saturated carbocycles. The van der Waals surface area contributed by atoms with Crippen LogP contribution in [0, 0.1) is 0 Å². The van der Waals surface area contributed by atoms with Crippen LogP contribution in [-0.4, -0.2) is 53.3 Å². The van der Waals surface area contributed by atoms with Gasteiger partial charge in [-0.2, -0.15) is 0 Å². The summed E-state index contributed by atoms with van der Waals surface area (Å²) in [5.41, 5.74) is 6.75. The van der Waals surface area contributed by atoms with Crippen molar-refractivity contribution in [1.82, 2.24) is 9.80 Å². The number of nitrogens with zero attached hydrogens (tertiary/aromatic N) is 2. The summed E-state index contributed by atoms with van der Waals surface area (Å²) >= 11 is 0. The highest BCUT2D eigenvalue weighted by atomic mass is 16.2. The van der Waals surface area contributed by atoms with E-state index in [9.17, 15) is 9.59 Å². The zero-order chi connectivity index (χ0) is 17.1. The highest BCUT2D eigenvalue weighted by Gasteiger charge is 2.43. The number of hydrogen-bond acceptors (Lipinski definition) is 3. The van der Waals surface area contributed by atoms with Crippen molar-refractivity contribution in [1.29, 1.82) is 0 Å². The van der Waals surface area contributed by atoms with Crippen LogP contribution in [0.4, 0.5) is 0 Å². The van der Waals surface area contributed by atoms with Crippen LogP contribution in [0.15, 0.2) is 30.3 Å². The number of likely N-dealkylation sites (tertiary alicyclic amines) is 2. The Morgan fingerprint density at radius 3 is 2.54 bits per heavy atom. The molecule has 2 amide bonds. The number of carbonyl (C=O) groups excluding carboxylic acids is 2. The van der Waals surface area contributed by atoms with Gasteiger partial charge < -0.3 is 10.6 Å². The van der Waals surface area contributed by atoms with E-state index in [1.807, 2.05) is 11.0 Å². The summed E-state index contributed by atoms with van der Waals surface area (Å²) in [6.45, 7) is 3.62. The van der Waals surface area contributed by atoms with Crippen molar-refractivity contribution >= 4 is 11.8 Å². The van der Waals surface area contributed by atoms with Crippen LogP contribution in [0.3, 0.4) is 0 Å². The van der Waals surface area contributed by atoms with Crippen molar-refractivity contribution in [2.75, 3.05) is 19.6 Å². The zero-order valence-electron chi connectivity index (χ0n) is 14.4. The Bertz CT molecular complexity index is 590. The standard InChI is InChI=1S/C19H27N3O2/c1-14(23)22-11-6-5-9-17-19(22)16(15-7-3-2-4-8-15)10-12-21(17)13-18(20)24/h2-4,7-8,16-17,19H,5-6,9-13H2,1H3,(H2,20,24)/t16-,17-,19-/m1/s1. The Morgan fingerprint density at radius 2 is 1.88 bits per heavy atom. The molecule has 5 heteroatoms. The molecule has 0 aromatic heterocycles. The number of fused-ring (bicyclic) bond motifs is 1. The van der Waals surface area contributed by atoms with Gasteiger partial charge in [0.2, 0.25) is 11.8 Å². The first-order valence-corrected chi connectivity index (χ1v) is 8.92. The first-order chi connectivity index (χ1) is 11.6. The molecular weight excluding hydrogens is 302 g/mol. The summed E-state index contributed by atoms with van der Waals surface area (Å²) in [5.74, 6) is 0.168. The SMILES string of the molecule is CC(=O)N1CCCC[C@@H]2[C@H]1[C@@H](c1ccccc1)CCN2CC(N)=O. The van der Waals surface area contributed by atoms with Crippen LogP contribution in [0.1, 0.15) is 44.1 Å². The molecule has 1 aromatic carbocycles. The van der Waals surface area contributed by atoms with Gasteiger partial charge in [0, 0.05) is 25.4 Å². The Labute approximate surface area is 143 Å². The zero-order valence-corrected chi connectivity index (χ0v) is 14.4. The third-order valence-electron chi connectivity index (χ3n) is 5.50. The fraction of sp³-hybridized carbons (Fsp3) is 0.579. The molecule has 130 valence electrons. The van der Waals surface area contributed by atoms with Gasteiger partial charge in [-0.25, -0.2) is 0 Å². The molecule has 0 aliphatic carbocycles. The normalized spacial score (nSPS) is 28.0. The average Bonchev–Trinajstić information content (AvgIpc) is 2.79. The molecule has 2 aliphatic heterocycles. The lowest BCUT2D eigenvalue weighted by molar-refractivity contribution is -0.134. The number of carbonyl (C=O) groups is 2. The highest BCUT2D eigenvalue weighted by Crippen LogP contribution is 2.38. The second-order valence-electron chi connectivity index (χ2n) is 7.01. The summed E-state index contributed by atoms with van der Waals surface area (Å²) < 4.78 is 0. The number of hydrogen-bond donors (Lipinski definition) is 1. The maximum absolute atomic E-state index is 12.3. The van der Waals surface area contributed by atoms with E-state index in [0.717, 1.165) is 38.8 Å². The second kappa shape index (κ2) is 7.34. The van der Waals surface area contributed by atoms with Crippen LogP contribution < -0.4 is 5.73 Å². The molecule has 0 unspecified atom stereocenters. The van der Waals surface area contributed by atoms with Gasteiger partial charge in [-0.05, 0) is 31.4 Å². The van der Waals surface area contributed by atoms with E-state index in [0.29, 0.717) is 5.92 Å². The molecule has 3 rings (SSSR count). The molecule has 0 spiro atoms. The van der Waals surface area contributed by atoms with E-state index in [4.69, 9.17) is 5.73 Å². The molecule has 2 aliphatic rings. The van der Waals surface area contributed by atoms with Gasteiger partial charge >= 0.3 is 0 Å². The summed E-state index contributed by atoms with van der Waals surface area (Å²) in [6.07, 6.45) is 4.08. The molecule has 0 radical (unpaired) electrons. The number of primary amides is 1. The predicted octanol–water partition coefficient (Wildman–Crippen LogP) is 1.73. The van der Waals surface area contributed by atoms with Gasteiger partial charge in [0.1, 0.15) is 0 Å². The Kier molecular flexibility index (Phi) is 5.19. The fourth-order valence-electron chi connectivity index (χ4n) is 4.52. The molecule has 2 heterocycles. The lowest BCUT2D eigenvalue weighted by Crippen LogP contribution is -2.59.